The van der Waals surface area contributed by atoms with Crippen molar-refractivity contribution < 1.29 is 27.8 Å². The molecule has 0 atom stereocenters. The SMILES string of the molecule is O=C(O)c1ccc(C(F)(F)F)nc1Oc1cccnc1. The van der Waals surface area contributed by atoms with Gasteiger partial charge in [-0.3, -0.25) is 4.98 Å². The monoisotopic (exact) mass is 284 g/mol. The highest BCUT2D eigenvalue weighted by atomic mass is 19.4. The van der Waals surface area contributed by atoms with Crippen molar-refractivity contribution in [1.82, 2.24) is 9.97 Å². The van der Waals surface area contributed by atoms with Crippen LogP contribution >= 0.6 is 0 Å². The average Bonchev–Trinajstić information content (AvgIpc) is 2.38. The lowest BCUT2D eigenvalue weighted by Gasteiger charge is -2.11. The number of carboxylic acid groups (broad SMARTS) is 1. The molecule has 0 amide bonds. The maximum absolute atomic E-state index is 12.6. The van der Waals surface area contributed by atoms with Crippen LogP contribution in [0.15, 0.2) is 36.7 Å². The van der Waals surface area contributed by atoms with E-state index in [9.17, 15) is 18.0 Å². The van der Waals surface area contributed by atoms with Crippen LogP contribution in [-0.2, 0) is 6.18 Å². The van der Waals surface area contributed by atoms with E-state index in [0.717, 1.165) is 6.07 Å². The Balaban J connectivity index is 2.45. The molecule has 2 aromatic heterocycles. The number of pyridine rings is 2. The van der Waals surface area contributed by atoms with Crippen LogP contribution < -0.4 is 4.74 Å². The molecule has 0 aromatic carbocycles. The second kappa shape index (κ2) is 5.16. The zero-order valence-electron chi connectivity index (χ0n) is 9.76. The van der Waals surface area contributed by atoms with E-state index < -0.39 is 29.3 Å². The predicted octanol–water partition coefficient (Wildman–Crippen LogP) is 2.99. The first-order valence-corrected chi connectivity index (χ1v) is 5.27. The van der Waals surface area contributed by atoms with Crippen molar-refractivity contribution in [1.29, 1.82) is 0 Å². The highest BCUT2D eigenvalue weighted by Crippen LogP contribution is 2.31. The standard InChI is InChI=1S/C12H7F3N2O3/c13-12(14,15)9-4-3-8(11(18)19)10(17-9)20-7-2-1-5-16-6-7/h1-6H,(H,18,19). The van der Waals surface area contributed by atoms with Crippen LogP contribution in [0, 0.1) is 0 Å². The number of rotatable bonds is 3. The molecule has 104 valence electrons. The van der Waals surface area contributed by atoms with Crippen molar-refractivity contribution in [3.63, 3.8) is 0 Å². The van der Waals surface area contributed by atoms with Gasteiger partial charge in [0.05, 0.1) is 6.20 Å². The fourth-order valence-electron chi connectivity index (χ4n) is 1.36. The Morgan fingerprint density at radius 2 is 2.00 bits per heavy atom. The molecule has 5 nitrogen and oxygen atoms in total. The summed E-state index contributed by atoms with van der Waals surface area (Å²) >= 11 is 0. The summed E-state index contributed by atoms with van der Waals surface area (Å²) in [6, 6.07) is 4.29. The van der Waals surface area contributed by atoms with Crippen LogP contribution in [0.5, 0.6) is 11.6 Å². The van der Waals surface area contributed by atoms with Gasteiger partial charge in [0, 0.05) is 6.20 Å². The second-order valence-corrected chi connectivity index (χ2v) is 3.64. The zero-order chi connectivity index (χ0) is 14.8. The molecule has 2 rings (SSSR count). The second-order valence-electron chi connectivity index (χ2n) is 3.64. The van der Waals surface area contributed by atoms with E-state index in [4.69, 9.17) is 9.84 Å². The van der Waals surface area contributed by atoms with E-state index in [0.29, 0.717) is 6.07 Å². The number of alkyl halides is 3. The molecule has 0 saturated carbocycles. The number of carboxylic acids is 1. The van der Waals surface area contributed by atoms with Gasteiger partial charge in [0.2, 0.25) is 5.88 Å². The maximum atomic E-state index is 12.6. The average molecular weight is 284 g/mol. The van der Waals surface area contributed by atoms with E-state index in [1.165, 1.54) is 24.5 Å². The molecular weight excluding hydrogens is 277 g/mol. The molecule has 0 unspecified atom stereocenters. The largest absolute Gasteiger partial charge is 0.477 e. The fourth-order valence-corrected chi connectivity index (χ4v) is 1.36. The molecule has 20 heavy (non-hydrogen) atoms. The first-order chi connectivity index (χ1) is 9.38. The number of nitrogens with zero attached hydrogens (tertiary/aromatic N) is 2. The number of hydrogen-bond acceptors (Lipinski definition) is 4. The molecule has 0 fully saturated rings. The van der Waals surface area contributed by atoms with E-state index >= 15 is 0 Å². The van der Waals surface area contributed by atoms with Crippen LogP contribution in [0.1, 0.15) is 16.1 Å². The third-order valence-electron chi connectivity index (χ3n) is 2.23. The Kier molecular flexibility index (Phi) is 3.55. The quantitative estimate of drug-likeness (QED) is 0.938. The summed E-state index contributed by atoms with van der Waals surface area (Å²) in [5, 5.41) is 8.92. The molecule has 2 heterocycles. The third-order valence-corrected chi connectivity index (χ3v) is 2.23. The van der Waals surface area contributed by atoms with Gasteiger partial charge in [-0.05, 0) is 24.3 Å². The Morgan fingerprint density at radius 1 is 1.25 bits per heavy atom. The number of hydrogen-bond donors (Lipinski definition) is 1. The van der Waals surface area contributed by atoms with Crippen molar-refractivity contribution >= 4 is 5.97 Å². The molecule has 0 bridgehead atoms. The van der Waals surface area contributed by atoms with Crippen molar-refractivity contribution in [2.24, 2.45) is 0 Å². The Bertz CT molecular complexity index is 630. The Morgan fingerprint density at radius 3 is 2.55 bits per heavy atom. The van der Waals surface area contributed by atoms with Gasteiger partial charge in [0.1, 0.15) is 17.0 Å². The summed E-state index contributed by atoms with van der Waals surface area (Å²) < 4.78 is 42.7. The van der Waals surface area contributed by atoms with Crippen LogP contribution in [0.25, 0.3) is 0 Å². The summed E-state index contributed by atoms with van der Waals surface area (Å²) in [5.74, 6) is -1.99. The number of halogens is 3. The Labute approximate surface area is 110 Å². The van der Waals surface area contributed by atoms with Crippen molar-refractivity contribution in [2.75, 3.05) is 0 Å². The molecule has 0 spiro atoms. The molecule has 8 heteroatoms. The van der Waals surface area contributed by atoms with Crippen LogP contribution in [0.4, 0.5) is 13.2 Å². The van der Waals surface area contributed by atoms with Gasteiger partial charge in [0.15, 0.2) is 0 Å². The van der Waals surface area contributed by atoms with Crippen molar-refractivity contribution in [3.8, 4) is 11.6 Å². The number of aromatic carboxylic acids is 1. The fraction of sp³-hybridized carbons (Fsp3) is 0.0833. The third kappa shape index (κ3) is 3.02. The molecule has 2 aromatic rings. The van der Waals surface area contributed by atoms with Crippen LogP contribution in [-0.4, -0.2) is 21.0 Å². The van der Waals surface area contributed by atoms with Gasteiger partial charge in [-0.15, -0.1) is 0 Å². The van der Waals surface area contributed by atoms with Gasteiger partial charge >= 0.3 is 12.1 Å². The summed E-state index contributed by atoms with van der Waals surface area (Å²) in [6.07, 6.45) is -2.03. The lowest BCUT2D eigenvalue weighted by molar-refractivity contribution is -0.141. The van der Waals surface area contributed by atoms with E-state index in [-0.39, 0.29) is 5.75 Å². The normalized spacial score (nSPS) is 11.2. The summed E-state index contributed by atoms with van der Waals surface area (Å²) in [7, 11) is 0. The highest BCUT2D eigenvalue weighted by Gasteiger charge is 2.34. The minimum absolute atomic E-state index is 0.0850. The van der Waals surface area contributed by atoms with Gasteiger partial charge < -0.3 is 9.84 Å². The van der Waals surface area contributed by atoms with Crippen molar-refractivity contribution in [2.45, 2.75) is 6.18 Å². The minimum Gasteiger partial charge on any atom is -0.477 e. The summed E-state index contributed by atoms with van der Waals surface area (Å²) in [6.45, 7) is 0. The molecule has 0 aliphatic carbocycles. The smallest absolute Gasteiger partial charge is 0.433 e. The molecule has 0 aliphatic heterocycles. The number of aromatic nitrogens is 2. The molecule has 1 N–H and O–H groups in total. The van der Waals surface area contributed by atoms with E-state index in [2.05, 4.69) is 9.97 Å². The molecular formula is C12H7F3N2O3. The summed E-state index contributed by atoms with van der Waals surface area (Å²) in [4.78, 5) is 17.9. The van der Waals surface area contributed by atoms with Gasteiger partial charge in [-0.25, -0.2) is 9.78 Å². The van der Waals surface area contributed by atoms with Gasteiger partial charge in [-0.2, -0.15) is 13.2 Å². The minimum atomic E-state index is -4.69. The Hall–Kier alpha value is -2.64. The summed E-state index contributed by atoms with van der Waals surface area (Å²) in [5.41, 5.74) is -1.71. The van der Waals surface area contributed by atoms with Crippen molar-refractivity contribution in [3.05, 3.63) is 47.9 Å². The van der Waals surface area contributed by atoms with Crippen LogP contribution in [0.2, 0.25) is 0 Å². The van der Waals surface area contributed by atoms with Gasteiger partial charge in [-0.1, -0.05) is 0 Å². The maximum Gasteiger partial charge on any atom is 0.433 e. The van der Waals surface area contributed by atoms with Crippen LogP contribution in [0.3, 0.4) is 0 Å². The molecule has 0 saturated heterocycles. The molecule has 0 radical (unpaired) electrons. The zero-order valence-corrected chi connectivity index (χ0v) is 9.76. The topological polar surface area (TPSA) is 72.3 Å². The van der Waals surface area contributed by atoms with E-state index in [1.54, 1.807) is 0 Å². The van der Waals surface area contributed by atoms with E-state index in [1.807, 2.05) is 0 Å². The lowest BCUT2D eigenvalue weighted by atomic mass is 10.2. The first kappa shape index (κ1) is 13.8. The molecule has 0 aliphatic rings. The predicted molar refractivity (Wildman–Crippen MR) is 60.5 cm³/mol. The first-order valence-electron chi connectivity index (χ1n) is 5.27. The number of carbonyl (C=O) groups is 1. The highest BCUT2D eigenvalue weighted by molar-refractivity contribution is 5.90. The lowest BCUT2D eigenvalue weighted by Crippen LogP contribution is -2.11. The number of ether oxygens (including phenoxy) is 1. The van der Waals surface area contributed by atoms with Gasteiger partial charge in [0.25, 0.3) is 0 Å².